The molecule has 0 radical (unpaired) electrons. The number of pyridine rings is 2. The number of carbonyl (C=O) groups is 4. The Morgan fingerprint density at radius 3 is 1.82 bits per heavy atom. The van der Waals surface area contributed by atoms with Gasteiger partial charge in [-0.3, -0.25) is 14.9 Å². The van der Waals surface area contributed by atoms with Crippen LogP contribution in [0.4, 0.5) is 38.2 Å². The molecule has 4 aromatic heterocycles. The number of hydrogen-bond acceptors (Lipinski definition) is 14. The van der Waals surface area contributed by atoms with E-state index in [1.165, 1.54) is 19.0 Å². The van der Waals surface area contributed by atoms with Crippen molar-refractivity contribution in [1.82, 2.24) is 25.5 Å². The molecule has 77 heavy (non-hydrogen) atoms. The first-order valence-corrected chi connectivity index (χ1v) is 28.4. The summed E-state index contributed by atoms with van der Waals surface area (Å²) in [7, 11) is 0. The highest BCUT2D eigenvalue weighted by Crippen LogP contribution is 2.38. The molecule has 4 fully saturated rings. The van der Waals surface area contributed by atoms with E-state index < -0.39 is 17.3 Å². The van der Waals surface area contributed by atoms with E-state index in [2.05, 4.69) is 47.5 Å². The topological polar surface area (TPSA) is 205 Å². The molecule has 0 saturated carbocycles. The molecule has 0 atom stereocenters. The highest BCUT2D eigenvalue weighted by molar-refractivity contribution is 7.13. The first-order valence-electron chi connectivity index (χ1n) is 26.3. The Kier molecular flexibility index (Phi) is 18.3. The average Bonchev–Trinajstić information content (AvgIpc) is 4.27. The van der Waals surface area contributed by atoms with Gasteiger partial charge >= 0.3 is 12.2 Å². The van der Waals surface area contributed by atoms with Gasteiger partial charge in [0.05, 0.1) is 33.9 Å². The van der Waals surface area contributed by atoms with E-state index in [1.54, 1.807) is 73.9 Å². The molecule has 0 aliphatic carbocycles. The zero-order chi connectivity index (χ0) is 54.8. The third kappa shape index (κ3) is 15.3. The van der Waals surface area contributed by atoms with E-state index in [0.717, 1.165) is 104 Å². The second kappa shape index (κ2) is 24.8. The van der Waals surface area contributed by atoms with Gasteiger partial charge in [0, 0.05) is 52.9 Å². The Labute approximate surface area is 464 Å². The monoisotopic (exact) mass is 1100 g/mol. The van der Waals surface area contributed by atoms with Gasteiger partial charge in [-0.15, -0.1) is 22.7 Å². The Morgan fingerprint density at radius 1 is 0.649 bits per heavy atom. The zero-order valence-electron chi connectivity index (χ0n) is 44.8. The number of ether oxygens (including phenoxy) is 2. The van der Waals surface area contributed by atoms with Gasteiger partial charge in [-0.25, -0.2) is 19.6 Å². The number of anilines is 5. The maximum absolute atomic E-state index is 12.8. The van der Waals surface area contributed by atoms with Gasteiger partial charge < -0.3 is 46.3 Å². The average molecular weight is 1100 g/mol. The van der Waals surface area contributed by atoms with Crippen LogP contribution in [-0.2, 0) is 9.47 Å². The number of piperidine rings is 2. The molecule has 2 aromatic carbocycles. The first kappa shape index (κ1) is 56.6. The third-order valence-corrected chi connectivity index (χ3v) is 16.0. The van der Waals surface area contributed by atoms with Gasteiger partial charge in [0.1, 0.15) is 22.2 Å². The molecule has 6 aromatic rings. The molecule has 2 spiro atoms. The molecule has 408 valence electrons. The summed E-state index contributed by atoms with van der Waals surface area (Å²) in [5.74, 6) is 0.357. The van der Waals surface area contributed by atoms with E-state index in [-0.39, 0.29) is 23.4 Å². The van der Waals surface area contributed by atoms with E-state index in [0.29, 0.717) is 44.6 Å². The summed E-state index contributed by atoms with van der Waals surface area (Å²) in [5, 5.41) is 19.8. The predicted molar refractivity (Wildman–Crippen MR) is 312 cm³/mol. The van der Waals surface area contributed by atoms with Crippen LogP contribution >= 0.6 is 34.3 Å². The number of hydrogen-bond donors (Lipinski definition) is 6. The van der Waals surface area contributed by atoms with Crippen molar-refractivity contribution in [3.8, 4) is 20.9 Å². The van der Waals surface area contributed by atoms with Crippen LogP contribution in [0.3, 0.4) is 0 Å². The molecule has 4 amide bonds. The minimum Gasteiger partial charge on any atom is -0.444 e. The number of carbonyl (C=O) groups excluding carboxylic acids is 4. The summed E-state index contributed by atoms with van der Waals surface area (Å²) in [5.41, 5.74) is 10.3. The molecule has 0 unspecified atom stereocenters. The van der Waals surface area contributed by atoms with E-state index in [1.807, 2.05) is 91.0 Å². The van der Waals surface area contributed by atoms with Gasteiger partial charge in [0.15, 0.2) is 0 Å². The van der Waals surface area contributed by atoms with Crippen LogP contribution in [-0.4, -0.2) is 100 Å². The number of benzene rings is 2. The predicted octanol–water partition coefficient (Wildman–Crippen LogP) is 12.6. The Morgan fingerprint density at radius 2 is 1.26 bits per heavy atom. The van der Waals surface area contributed by atoms with Crippen LogP contribution in [0.1, 0.15) is 114 Å². The van der Waals surface area contributed by atoms with Crippen LogP contribution < -0.4 is 37.2 Å². The van der Waals surface area contributed by atoms with Gasteiger partial charge in [-0.1, -0.05) is 35.9 Å². The number of nitrogens with one attached hydrogen (secondary N) is 5. The number of rotatable bonds is 8. The highest BCUT2D eigenvalue weighted by atomic mass is 35.5. The molecule has 4 aliphatic heterocycles. The number of nitrogen functional groups attached to an aromatic ring is 1. The molecule has 0 bridgehead atoms. The lowest BCUT2D eigenvalue weighted by atomic mass is 9.86. The van der Waals surface area contributed by atoms with E-state index in [4.69, 9.17) is 26.8 Å². The standard InChI is InChI=1S/C24H27N5OS.C21H20ClN3O3S.C13H24N2O2/c25-19-6-4-17(21-3-1-14-31-21)15-20(19)28-23(30)18-5-7-22(26-16-18)29-12-9-24(10-13-29)8-2-11-27-24;1-21(2,3)28-20(27)25-15-8-6-13(17-5-4-10-29-17)11-16(15)24-19(26)14-7-9-18(22)23-12-14;1-12(2,3)17-11(16)15-10-4-5-13(15)6-8-14-9-7-13/h1,3-7,14-16,27H,2,8-13,25H2,(H,28,30);4-12H,1-3H3,(H,24,26)(H,25,27);14H,4-10H2,1-3H3. The van der Waals surface area contributed by atoms with Crippen molar-refractivity contribution in [2.45, 2.75) is 115 Å². The quantitative estimate of drug-likeness (QED) is 0.0622. The van der Waals surface area contributed by atoms with Crippen molar-refractivity contribution in [2.75, 3.05) is 65.9 Å². The number of nitrogens with two attached hydrogens (primary N) is 1. The van der Waals surface area contributed by atoms with Crippen molar-refractivity contribution in [3.63, 3.8) is 0 Å². The summed E-state index contributed by atoms with van der Waals surface area (Å²) in [6.45, 7) is 17.1. The van der Waals surface area contributed by atoms with Crippen LogP contribution in [0.2, 0.25) is 5.15 Å². The summed E-state index contributed by atoms with van der Waals surface area (Å²) >= 11 is 9.02. The maximum atomic E-state index is 12.8. The number of thiophene rings is 2. The molecule has 8 heterocycles. The molecule has 4 saturated heterocycles. The molecule has 19 heteroatoms. The number of amides is 4. The van der Waals surface area contributed by atoms with Crippen LogP contribution in [0, 0.1) is 0 Å². The summed E-state index contributed by atoms with van der Waals surface area (Å²) in [6.07, 6.45) is 11.5. The van der Waals surface area contributed by atoms with Crippen molar-refractivity contribution in [1.29, 1.82) is 0 Å². The van der Waals surface area contributed by atoms with Crippen LogP contribution in [0.15, 0.2) is 108 Å². The van der Waals surface area contributed by atoms with Crippen molar-refractivity contribution < 1.29 is 28.7 Å². The smallest absolute Gasteiger partial charge is 0.412 e. The normalized spacial score (nSPS) is 16.6. The minimum atomic E-state index is -0.640. The summed E-state index contributed by atoms with van der Waals surface area (Å²) in [4.78, 5) is 64.9. The Bertz CT molecular complexity index is 2940. The SMILES string of the molecule is CC(C)(C)OC(=O)N1CCCC12CCNCC2.CC(C)(C)OC(=O)Nc1ccc(-c2cccs2)cc1NC(=O)c1ccc(Cl)nc1.Nc1ccc(-c2cccs2)cc1NC(=O)c1ccc(N2CCC3(CCCN3)CC2)nc1. The lowest BCUT2D eigenvalue weighted by molar-refractivity contribution is 0.00199. The van der Waals surface area contributed by atoms with E-state index in [9.17, 15) is 19.2 Å². The van der Waals surface area contributed by atoms with Gasteiger partial charge in [-0.05, 0) is 195 Å². The third-order valence-electron chi connectivity index (χ3n) is 13.9. The van der Waals surface area contributed by atoms with Crippen molar-refractivity contribution in [2.24, 2.45) is 0 Å². The fraction of sp³-hybridized carbons (Fsp3) is 0.414. The fourth-order valence-electron chi connectivity index (χ4n) is 10.0. The van der Waals surface area contributed by atoms with Crippen LogP contribution in [0.5, 0.6) is 0 Å². The van der Waals surface area contributed by atoms with Crippen molar-refractivity contribution >= 4 is 86.8 Å². The lowest BCUT2D eigenvalue weighted by Crippen LogP contribution is -2.54. The lowest BCUT2D eigenvalue weighted by Gasteiger charge is -2.42. The largest absolute Gasteiger partial charge is 0.444 e. The molecule has 10 rings (SSSR count). The molecule has 7 N–H and O–H groups in total. The second-order valence-electron chi connectivity index (χ2n) is 21.8. The molecule has 16 nitrogen and oxygen atoms in total. The molecule has 4 aliphatic rings. The minimum absolute atomic E-state index is 0.0770. The molecular weight excluding hydrogens is 1030 g/mol. The number of halogens is 1. The van der Waals surface area contributed by atoms with Crippen LogP contribution in [0.25, 0.3) is 20.9 Å². The van der Waals surface area contributed by atoms with Gasteiger partial charge in [-0.2, -0.15) is 0 Å². The Hall–Kier alpha value is -6.57. The Balaban J connectivity index is 0.000000159. The van der Waals surface area contributed by atoms with Crippen molar-refractivity contribution in [3.05, 3.63) is 124 Å². The fourth-order valence-corrected chi connectivity index (χ4v) is 11.6. The number of nitrogens with zero attached hydrogens (tertiary/aromatic N) is 4. The van der Waals surface area contributed by atoms with Gasteiger partial charge in [0.2, 0.25) is 0 Å². The number of likely N-dealkylation sites (tertiary alicyclic amines) is 1. The maximum Gasteiger partial charge on any atom is 0.412 e. The first-order chi connectivity index (χ1) is 36.8. The highest BCUT2D eigenvalue weighted by Gasteiger charge is 2.45. The second-order valence-corrected chi connectivity index (χ2v) is 24.1. The summed E-state index contributed by atoms with van der Waals surface area (Å²) < 4.78 is 10.8. The molecular formula is C58H71ClN10O6S2. The van der Waals surface area contributed by atoms with E-state index >= 15 is 0 Å². The van der Waals surface area contributed by atoms with Gasteiger partial charge in [0.25, 0.3) is 11.8 Å². The summed E-state index contributed by atoms with van der Waals surface area (Å²) in [6, 6.07) is 26.0. The zero-order valence-corrected chi connectivity index (χ0v) is 47.2. The number of aromatic nitrogens is 2.